The number of sulfonamides is 1. The Balaban J connectivity index is 4.11. The minimum absolute atomic E-state index is 0.635. The van der Waals surface area contributed by atoms with Gasteiger partial charge in [-0.25, -0.2) is 21.9 Å². The van der Waals surface area contributed by atoms with Crippen LogP contribution in [0.2, 0.25) is 0 Å². The van der Waals surface area contributed by atoms with E-state index in [0.717, 1.165) is 0 Å². The van der Waals surface area contributed by atoms with Crippen LogP contribution in [0.1, 0.15) is 6.42 Å². The average Bonchev–Trinajstić information content (AvgIpc) is 2.13. The highest BCUT2D eigenvalue weighted by Crippen LogP contribution is 2.09. The van der Waals surface area contributed by atoms with Gasteiger partial charge in [-0.1, -0.05) is 0 Å². The zero-order valence-corrected chi connectivity index (χ0v) is 8.56. The molecule has 0 aromatic heterocycles. The summed E-state index contributed by atoms with van der Waals surface area (Å²) in [4.78, 5) is 10.0. The molecule has 0 fully saturated rings. The molecule has 0 atom stereocenters. The van der Waals surface area contributed by atoms with Gasteiger partial charge in [0.1, 0.15) is 0 Å². The Labute approximate surface area is 85.5 Å². The van der Waals surface area contributed by atoms with Gasteiger partial charge in [0.25, 0.3) is 5.92 Å². The van der Waals surface area contributed by atoms with Crippen molar-refractivity contribution in [3.8, 4) is 0 Å². The summed E-state index contributed by atoms with van der Waals surface area (Å²) in [5, 5.41) is 8.19. The number of nitrogens with two attached hydrogens (primary N) is 1. The summed E-state index contributed by atoms with van der Waals surface area (Å²) in [5.74, 6) is -5.37. The standard InChI is InChI=1S/C6H12F2N2O4S/c7-6(8,3-9)4-10-15(13,14)2-1-5(11)12/h10H,1-4,9H2,(H,11,12). The zero-order chi connectivity index (χ0) is 12.1. The molecule has 4 N–H and O–H groups in total. The predicted molar refractivity (Wildman–Crippen MR) is 48.0 cm³/mol. The molecule has 0 spiro atoms. The number of nitrogens with one attached hydrogen (secondary N) is 1. The zero-order valence-electron chi connectivity index (χ0n) is 7.74. The van der Waals surface area contributed by atoms with Gasteiger partial charge in [0.2, 0.25) is 10.0 Å². The van der Waals surface area contributed by atoms with Gasteiger partial charge in [-0.15, -0.1) is 0 Å². The van der Waals surface area contributed by atoms with Crippen molar-refractivity contribution in [1.82, 2.24) is 4.72 Å². The van der Waals surface area contributed by atoms with Crippen molar-refractivity contribution in [3.63, 3.8) is 0 Å². The van der Waals surface area contributed by atoms with Crippen LogP contribution < -0.4 is 10.5 Å². The van der Waals surface area contributed by atoms with Crippen LogP contribution in [0.4, 0.5) is 8.78 Å². The summed E-state index contributed by atoms with van der Waals surface area (Å²) in [6.07, 6.45) is -0.635. The van der Waals surface area contributed by atoms with Crippen molar-refractivity contribution >= 4 is 16.0 Å². The van der Waals surface area contributed by atoms with Crippen LogP contribution in [-0.4, -0.2) is 44.3 Å². The van der Waals surface area contributed by atoms with Crippen LogP contribution >= 0.6 is 0 Å². The fourth-order valence-electron chi connectivity index (χ4n) is 0.582. The van der Waals surface area contributed by atoms with Crippen LogP contribution in [0.3, 0.4) is 0 Å². The smallest absolute Gasteiger partial charge is 0.304 e. The molecular weight excluding hydrogens is 234 g/mol. The molecule has 0 radical (unpaired) electrons. The van der Waals surface area contributed by atoms with Gasteiger partial charge in [0.05, 0.1) is 25.3 Å². The van der Waals surface area contributed by atoms with E-state index in [9.17, 15) is 22.0 Å². The molecule has 15 heavy (non-hydrogen) atoms. The van der Waals surface area contributed by atoms with E-state index >= 15 is 0 Å². The molecule has 0 aliphatic carbocycles. The van der Waals surface area contributed by atoms with Gasteiger partial charge in [-0.05, 0) is 0 Å². The molecule has 0 unspecified atom stereocenters. The molecule has 0 heterocycles. The predicted octanol–water partition coefficient (Wildman–Crippen LogP) is -1.03. The Morgan fingerprint density at radius 1 is 1.47 bits per heavy atom. The highest BCUT2D eigenvalue weighted by atomic mass is 32.2. The second kappa shape index (κ2) is 5.33. The lowest BCUT2D eigenvalue weighted by atomic mass is 10.3. The minimum atomic E-state index is -3.99. The van der Waals surface area contributed by atoms with Crippen molar-refractivity contribution in [3.05, 3.63) is 0 Å². The van der Waals surface area contributed by atoms with Crippen LogP contribution in [0.15, 0.2) is 0 Å². The highest BCUT2D eigenvalue weighted by Gasteiger charge is 2.28. The fourth-order valence-corrected chi connectivity index (χ4v) is 1.60. The Bertz CT molecular complexity index is 317. The number of carboxylic acid groups (broad SMARTS) is 1. The number of hydrogen-bond donors (Lipinski definition) is 3. The highest BCUT2D eigenvalue weighted by molar-refractivity contribution is 7.89. The van der Waals surface area contributed by atoms with Crippen LogP contribution in [0, 0.1) is 0 Å². The molecule has 0 bridgehead atoms. The Morgan fingerprint density at radius 2 is 2.00 bits per heavy atom. The van der Waals surface area contributed by atoms with Crippen LogP contribution in [-0.2, 0) is 14.8 Å². The fraction of sp³-hybridized carbons (Fsp3) is 0.833. The first-order chi connectivity index (χ1) is 6.68. The molecule has 0 amide bonds. The third-order valence-corrected chi connectivity index (χ3v) is 2.76. The molecular formula is C6H12F2N2O4S. The van der Waals surface area contributed by atoms with Crippen molar-refractivity contribution in [2.45, 2.75) is 12.3 Å². The van der Waals surface area contributed by atoms with Gasteiger partial charge in [-0.2, -0.15) is 0 Å². The Hall–Kier alpha value is -0.800. The molecule has 0 aliphatic rings. The van der Waals surface area contributed by atoms with Gasteiger partial charge < -0.3 is 10.8 Å². The van der Waals surface area contributed by atoms with E-state index in [2.05, 4.69) is 5.73 Å². The second-order valence-corrected chi connectivity index (χ2v) is 4.77. The molecule has 0 saturated carbocycles. The molecule has 0 aliphatic heterocycles. The lowest BCUT2D eigenvalue weighted by molar-refractivity contribution is -0.136. The molecule has 0 aromatic rings. The monoisotopic (exact) mass is 246 g/mol. The first-order valence-electron chi connectivity index (χ1n) is 3.95. The average molecular weight is 246 g/mol. The molecule has 0 aromatic carbocycles. The third-order valence-electron chi connectivity index (χ3n) is 1.43. The first kappa shape index (κ1) is 14.2. The Kier molecular flexibility index (Phi) is 5.05. The molecule has 9 heteroatoms. The molecule has 0 saturated heterocycles. The number of alkyl halides is 2. The van der Waals surface area contributed by atoms with Crippen LogP contribution in [0.5, 0.6) is 0 Å². The maximum atomic E-state index is 12.5. The second-order valence-electron chi connectivity index (χ2n) is 2.84. The summed E-state index contributed by atoms with van der Waals surface area (Å²) in [6.45, 7) is -2.10. The number of halogens is 2. The van der Waals surface area contributed by atoms with E-state index < -0.39 is 47.2 Å². The lowest BCUT2D eigenvalue weighted by Crippen LogP contribution is -2.42. The van der Waals surface area contributed by atoms with Gasteiger partial charge in [0.15, 0.2) is 0 Å². The van der Waals surface area contributed by atoms with Gasteiger partial charge >= 0.3 is 5.97 Å². The largest absolute Gasteiger partial charge is 0.481 e. The molecule has 6 nitrogen and oxygen atoms in total. The summed E-state index contributed by atoms with van der Waals surface area (Å²) in [7, 11) is -3.99. The van der Waals surface area contributed by atoms with E-state index in [1.165, 1.54) is 0 Å². The number of carboxylic acids is 1. The van der Waals surface area contributed by atoms with Crippen molar-refractivity contribution in [1.29, 1.82) is 0 Å². The Morgan fingerprint density at radius 3 is 2.40 bits per heavy atom. The maximum Gasteiger partial charge on any atom is 0.304 e. The molecule has 0 rings (SSSR count). The summed E-state index contributed by atoms with van der Waals surface area (Å²) < 4.78 is 48.5. The SMILES string of the molecule is NCC(F)(F)CNS(=O)(=O)CCC(=O)O. The topological polar surface area (TPSA) is 109 Å². The number of aliphatic carboxylic acids is 1. The van der Waals surface area contributed by atoms with E-state index in [0.29, 0.717) is 0 Å². The van der Waals surface area contributed by atoms with Crippen molar-refractivity contribution in [2.75, 3.05) is 18.8 Å². The van der Waals surface area contributed by atoms with E-state index in [4.69, 9.17) is 5.11 Å². The van der Waals surface area contributed by atoms with Gasteiger partial charge in [-0.3, -0.25) is 4.79 Å². The van der Waals surface area contributed by atoms with E-state index in [1.807, 2.05) is 0 Å². The number of carbonyl (C=O) groups is 1. The lowest BCUT2D eigenvalue weighted by Gasteiger charge is -2.14. The quantitative estimate of drug-likeness (QED) is 0.532. The summed E-state index contributed by atoms with van der Waals surface area (Å²) >= 11 is 0. The maximum absolute atomic E-state index is 12.5. The van der Waals surface area contributed by atoms with Crippen LogP contribution in [0.25, 0.3) is 0 Å². The first-order valence-corrected chi connectivity index (χ1v) is 5.61. The minimum Gasteiger partial charge on any atom is -0.481 e. The van der Waals surface area contributed by atoms with Gasteiger partial charge in [0, 0.05) is 0 Å². The molecule has 90 valence electrons. The number of rotatable bonds is 7. The normalized spacial score (nSPS) is 12.7. The summed E-state index contributed by atoms with van der Waals surface area (Å²) in [6, 6.07) is 0. The van der Waals surface area contributed by atoms with E-state index in [1.54, 1.807) is 4.72 Å². The third kappa shape index (κ3) is 7.17. The van der Waals surface area contributed by atoms with Crippen molar-refractivity contribution < 1.29 is 27.1 Å². The summed E-state index contributed by atoms with van der Waals surface area (Å²) in [5.41, 5.74) is 4.68. The van der Waals surface area contributed by atoms with Crippen molar-refractivity contribution in [2.24, 2.45) is 5.73 Å². The number of hydrogen-bond acceptors (Lipinski definition) is 4. The van der Waals surface area contributed by atoms with E-state index in [-0.39, 0.29) is 0 Å².